The Hall–Kier alpha value is -1.10. The number of hydrogen-bond donors (Lipinski definition) is 1. The minimum atomic E-state index is -0.566. The molecular weight excluding hydrogens is 300 g/mol. The maximum Gasteiger partial charge on any atom is 0.130 e. The third-order valence-corrected chi connectivity index (χ3v) is 4.22. The molecule has 5 heteroatoms. The van der Waals surface area contributed by atoms with Crippen LogP contribution in [0.15, 0.2) is 47.4 Å². The van der Waals surface area contributed by atoms with Gasteiger partial charge in [-0.1, -0.05) is 23.7 Å². The molecule has 20 heavy (non-hydrogen) atoms. The molecule has 2 rings (SSSR count). The van der Waals surface area contributed by atoms with Gasteiger partial charge in [-0.2, -0.15) is 0 Å². The Bertz CT molecular complexity index is 592. The lowest BCUT2D eigenvalue weighted by Gasteiger charge is -2.17. The number of benzene rings is 2. The summed E-state index contributed by atoms with van der Waals surface area (Å²) in [5.74, 6) is -0.473. The monoisotopic (exact) mass is 313 g/mol. The molecule has 2 aromatic carbocycles. The van der Waals surface area contributed by atoms with Gasteiger partial charge < -0.3 is 5.32 Å². The van der Waals surface area contributed by atoms with Crippen LogP contribution in [0.4, 0.5) is 8.78 Å². The van der Waals surface area contributed by atoms with Crippen molar-refractivity contribution in [2.45, 2.75) is 10.9 Å². The Labute approximate surface area is 126 Å². The van der Waals surface area contributed by atoms with Crippen molar-refractivity contribution in [3.05, 3.63) is 64.7 Å². The van der Waals surface area contributed by atoms with Crippen LogP contribution in [-0.2, 0) is 0 Å². The van der Waals surface area contributed by atoms with Crippen molar-refractivity contribution in [2.75, 3.05) is 12.8 Å². The maximum absolute atomic E-state index is 13.8. The van der Waals surface area contributed by atoms with Gasteiger partial charge >= 0.3 is 0 Å². The molecule has 0 spiro atoms. The van der Waals surface area contributed by atoms with Crippen LogP contribution < -0.4 is 5.32 Å². The summed E-state index contributed by atoms with van der Waals surface area (Å²) in [5, 5.41) is 3.72. The molecule has 0 amide bonds. The molecular formula is C15H14ClF2NS. The molecule has 0 aromatic heterocycles. The van der Waals surface area contributed by atoms with Gasteiger partial charge in [0.25, 0.3) is 0 Å². The van der Waals surface area contributed by atoms with Gasteiger partial charge in [-0.15, -0.1) is 11.8 Å². The Kier molecular flexibility index (Phi) is 5.40. The van der Waals surface area contributed by atoms with E-state index in [1.807, 2.05) is 18.2 Å². The van der Waals surface area contributed by atoms with Gasteiger partial charge in [0, 0.05) is 33.3 Å². The predicted molar refractivity (Wildman–Crippen MR) is 80.3 cm³/mol. The second kappa shape index (κ2) is 7.07. The van der Waals surface area contributed by atoms with Crippen molar-refractivity contribution < 1.29 is 8.78 Å². The summed E-state index contributed by atoms with van der Waals surface area (Å²) in [6, 6.07) is 10.9. The minimum Gasteiger partial charge on any atom is -0.312 e. The molecule has 1 N–H and O–H groups in total. The molecule has 0 radical (unpaired) electrons. The van der Waals surface area contributed by atoms with Crippen molar-refractivity contribution in [3.8, 4) is 0 Å². The summed E-state index contributed by atoms with van der Waals surface area (Å²) >= 11 is 7.49. The summed E-state index contributed by atoms with van der Waals surface area (Å²) in [7, 11) is 1.76. The van der Waals surface area contributed by atoms with Crippen LogP contribution in [-0.4, -0.2) is 12.8 Å². The molecule has 0 saturated heterocycles. The highest BCUT2D eigenvalue weighted by molar-refractivity contribution is 7.99. The fraction of sp³-hybridized carbons (Fsp3) is 0.200. The van der Waals surface area contributed by atoms with E-state index in [-0.39, 0.29) is 6.04 Å². The van der Waals surface area contributed by atoms with Gasteiger partial charge in [-0.25, -0.2) is 8.78 Å². The molecule has 0 aliphatic carbocycles. The fourth-order valence-electron chi connectivity index (χ4n) is 1.85. The van der Waals surface area contributed by atoms with E-state index in [4.69, 9.17) is 11.6 Å². The SMILES string of the molecule is CNC(CSc1cccc(Cl)c1)c1ccc(F)cc1F. The Morgan fingerprint density at radius 2 is 2.00 bits per heavy atom. The van der Waals surface area contributed by atoms with Gasteiger partial charge in [-0.3, -0.25) is 0 Å². The topological polar surface area (TPSA) is 12.0 Å². The average molecular weight is 314 g/mol. The van der Waals surface area contributed by atoms with Crippen LogP contribution >= 0.6 is 23.4 Å². The Morgan fingerprint density at radius 3 is 2.65 bits per heavy atom. The predicted octanol–water partition coefficient (Wildman–Crippen LogP) is 4.67. The second-order valence-corrected chi connectivity index (χ2v) is 5.81. The zero-order valence-corrected chi connectivity index (χ0v) is 12.4. The highest BCUT2D eigenvalue weighted by Gasteiger charge is 2.15. The number of thioether (sulfide) groups is 1. The first-order chi connectivity index (χ1) is 9.60. The van der Waals surface area contributed by atoms with Crippen LogP contribution in [0.5, 0.6) is 0 Å². The second-order valence-electron chi connectivity index (χ2n) is 4.28. The average Bonchev–Trinajstić information content (AvgIpc) is 2.41. The zero-order chi connectivity index (χ0) is 14.5. The van der Waals surface area contributed by atoms with Gasteiger partial charge in [0.05, 0.1) is 0 Å². The zero-order valence-electron chi connectivity index (χ0n) is 10.9. The third kappa shape index (κ3) is 3.95. The van der Waals surface area contributed by atoms with Crippen molar-refractivity contribution >= 4 is 23.4 Å². The molecule has 0 fully saturated rings. The normalized spacial score (nSPS) is 12.4. The number of nitrogens with one attached hydrogen (secondary N) is 1. The molecule has 1 unspecified atom stereocenters. The molecule has 106 valence electrons. The van der Waals surface area contributed by atoms with E-state index in [1.165, 1.54) is 12.1 Å². The van der Waals surface area contributed by atoms with Crippen molar-refractivity contribution in [2.24, 2.45) is 0 Å². The first kappa shape index (κ1) is 15.3. The lowest BCUT2D eigenvalue weighted by molar-refractivity contribution is 0.545. The van der Waals surface area contributed by atoms with Crippen LogP contribution in [0.25, 0.3) is 0 Å². The summed E-state index contributed by atoms with van der Waals surface area (Å²) in [6.07, 6.45) is 0. The molecule has 1 nitrogen and oxygen atoms in total. The molecule has 1 atom stereocenters. The Morgan fingerprint density at radius 1 is 1.20 bits per heavy atom. The molecule has 0 aliphatic rings. The van der Waals surface area contributed by atoms with E-state index >= 15 is 0 Å². The molecule has 0 heterocycles. The molecule has 2 aromatic rings. The van der Waals surface area contributed by atoms with E-state index in [2.05, 4.69) is 5.32 Å². The van der Waals surface area contributed by atoms with Gasteiger partial charge in [0.2, 0.25) is 0 Å². The first-order valence-corrected chi connectivity index (χ1v) is 7.47. The summed E-state index contributed by atoms with van der Waals surface area (Å²) in [5.41, 5.74) is 0.462. The summed E-state index contributed by atoms with van der Waals surface area (Å²) in [6.45, 7) is 0. The number of rotatable bonds is 5. The standard InChI is InChI=1S/C15H14ClF2NS/c1-19-15(13-6-5-11(17)8-14(13)18)9-20-12-4-2-3-10(16)7-12/h2-8,15,19H,9H2,1H3. The third-order valence-electron chi connectivity index (χ3n) is 2.90. The quantitative estimate of drug-likeness (QED) is 0.805. The van der Waals surface area contributed by atoms with Crippen LogP contribution in [0.2, 0.25) is 5.02 Å². The first-order valence-electron chi connectivity index (χ1n) is 6.10. The van der Waals surface area contributed by atoms with Gasteiger partial charge in [0.15, 0.2) is 0 Å². The van der Waals surface area contributed by atoms with E-state index in [9.17, 15) is 8.78 Å². The minimum absolute atomic E-state index is 0.195. The lowest BCUT2D eigenvalue weighted by atomic mass is 10.1. The van der Waals surface area contributed by atoms with Gasteiger partial charge in [0.1, 0.15) is 11.6 Å². The summed E-state index contributed by atoms with van der Waals surface area (Å²) < 4.78 is 26.7. The number of hydrogen-bond acceptors (Lipinski definition) is 2. The van der Waals surface area contributed by atoms with Gasteiger partial charge in [-0.05, 0) is 31.3 Å². The highest BCUT2D eigenvalue weighted by Crippen LogP contribution is 2.27. The molecule has 0 saturated carbocycles. The number of halogens is 3. The van der Waals surface area contributed by atoms with E-state index < -0.39 is 11.6 Å². The van der Waals surface area contributed by atoms with E-state index in [0.29, 0.717) is 16.3 Å². The van der Waals surface area contributed by atoms with E-state index in [1.54, 1.807) is 24.9 Å². The van der Waals surface area contributed by atoms with Crippen LogP contribution in [0.3, 0.4) is 0 Å². The lowest BCUT2D eigenvalue weighted by Crippen LogP contribution is -2.20. The highest BCUT2D eigenvalue weighted by atomic mass is 35.5. The van der Waals surface area contributed by atoms with Crippen LogP contribution in [0, 0.1) is 11.6 Å². The fourth-order valence-corrected chi connectivity index (χ4v) is 3.19. The van der Waals surface area contributed by atoms with Crippen molar-refractivity contribution in [1.29, 1.82) is 0 Å². The summed E-state index contributed by atoms with van der Waals surface area (Å²) in [4.78, 5) is 1.01. The van der Waals surface area contributed by atoms with Crippen LogP contribution in [0.1, 0.15) is 11.6 Å². The van der Waals surface area contributed by atoms with Crippen molar-refractivity contribution in [1.82, 2.24) is 5.32 Å². The maximum atomic E-state index is 13.8. The Balaban J connectivity index is 2.09. The van der Waals surface area contributed by atoms with E-state index in [0.717, 1.165) is 11.0 Å². The largest absolute Gasteiger partial charge is 0.312 e. The molecule has 0 aliphatic heterocycles. The smallest absolute Gasteiger partial charge is 0.130 e. The molecule has 0 bridgehead atoms. The van der Waals surface area contributed by atoms with Crippen molar-refractivity contribution in [3.63, 3.8) is 0 Å².